The van der Waals surface area contributed by atoms with Crippen molar-refractivity contribution in [3.63, 3.8) is 0 Å². The van der Waals surface area contributed by atoms with Crippen molar-refractivity contribution >= 4 is 0 Å². The SMILES string of the molecule is C=C/C(=C\C=C/C)C1CCCC2(CCCC2)C1. The average Bonchev–Trinajstić information content (AvgIpc) is 2.78. The second kappa shape index (κ2) is 5.71. The van der Waals surface area contributed by atoms with Crippen LogP contribution in [0, 0.1) is 11.3 Å². The predicted octanol–water partition coefficient (Wildman–Crippen LogP) is 5.43. The zero-order valence-electron chi connectivity index (χ0n) is 11.3. The summed E-state index contributed by atoms with van der Waals surface area (Å²) in [7, 11) is 0. The van der Waals surface area contributed by atoms with Gasteiger partial charge in [0.25, 0.3) is 0 Å². The predicted molar refractivity (Wildman–Crippen MR) is 76.0 cm³/mol. The summed E-state index contributed by atoms with van der Waals surface area (Å²) in [6.07, 6.45) is 20.2. The molecule has 2 fully saturated rings. The van der Waals surface area contributed by atoms with Crippen LogP contribution >= 0.6 is 0 Å². The molecule has 0 aliphatic heterocycles. The van der Waals surface area contributed by atoms with Gasteiger partial charge in [-0.3, -0.25) is 0 Å². The summed E-state index contributed by atoms with van der Waals surface area (Å²) in [6, 6.07) is 0. The molecule has 94 valence electrons. The van der Waals surface area contributed by atoms with E-state index >= 15 is 0 Å². The molecule has 0 amide bonds. The molecule has 0 bridgehead atoms. The molecule has 1 unspecified atom stereocenters. The minimum Gasteiger partial charge on any atom is -0.0988 e. The Morgan fingerprint density at radius 1 is 1.18 bits per heavy atom. The number of hydrogen-bond acceptors (Lipinski definition) is 0. The fourth-order valence-corrected chi connectivity index (χ4v) is 3.89. The largest absolute Gasteiger partial charge is 0.0988 e. The molecule has 0 heteroatoms. The summed E-state index contributed by atoms with van der Waals surface area (Å²) < 4.78 is 0. The molecular formula is C17H26. The number of rotatable bonds is 3. The normalized spacial score (nSPS) is 29.0. The minimum atomic E-state index is 0.709. The van der Waals surface area contributed by atoms with Crippen molar-refractivity contribution in [2.75, 3.05) is 0 Å². The van der Waals surface area contributed by atoms with Crippen molar-refractivity contribution in [2.24, 2.45) is 11.3 Å². The van der Waals surface area contributed by atoms with Crippen LogP contribution < -0.4 is 0 Å². The van der Waals surface area contributed by atoms with Crippen LogP contribution in [0.15, 0.2) is 36.5 Å². The van der Waals surface area contributed by atoms with Crippen LogP contribution in [0.5, 0.6) is 0 Å². The highest BCUT2D eigenvalue weighted by Crippen LogP contribution is 2.52. The second-order valence-electron chi connectivity index (χ2n) is 5.90. The van der Waals surface area contributed by atoms with Crippen LogP contribution in [-0.4, -0.2) is 0 Å². The first-order chi connectivity index (χ1) is 8.29. The summed E-state index contributed by atoms with van der Waals surface area (Å²) >= 11 is 0. The fourth-order valence-electron chi connectivity index (χ4n) is 3.89. The Kier molecular flexibility index (Phi) is 4.25. The zero-order chi connectivity index (χ0) is 12.1. The van der Waals surface area contributed by atoms with Crippen molar-refractivity contribution in [3.8, 4) is 0 Å². The van der Waals surface area contributed by atoms with Crippen LogP contribution in [0.4, 0.5) is 0 Å². The lowest BCUT2D eigenvalue weighted by Crippen LogP contribution is -2.26. The molecule has 0 nitrogen and oxygen atoms in total. The molecule has 2 aliphatic rings. The molecule has 0 aromatic rings. The van der Waals surface area contributed by atoms with Gasteiger partial charge in [-0.05, 0) is 55.9 Å². The molecule has 2 aliphatic carbocycles. The third-order valence-electron chi connectivity index (χ3n) is 4.79. The lowest BCUT2D eigenvalue weighted by Gasteiger charge is -2.38. The lowest BCUT2D eigenvalue weighted by atomic mass is 9.67. The van der Waals surface area contributed by atoms with E-state index in [2.05, 4.69) is 37.8 Å². The molecule has 17 heavy (non-hydrogen) atoms. The van der Waals surface area contributed by atoms with Crippen LogP contribution in [0.1, 0.15) is 58.3 Å². The van der Waals surface area contributed by atoms with Gasteiger partial charge >= 0.3 is 0 Å². The van der Waals surface area contributed by atoms with Gasteiger partial charge in [0.15, 0.2) is 0 Å². The molecular weight excluding hydrogens is 204 g/mol. The van der Waals surface area contributed by atoms with Gasteiger partial charge in [-0.2, -0.15) is 0 Å². The van der Waals surface area contributed by atoms with Crippen LogP contribution in [-0.2, 0) is 0 Å². The molecule has 1 atom stereocenters. The first-order valence-corrected chi connectivity index (χ1v) is 7.25. The smallest absolute Gasteiger partial charge is 0.0157 e. The van der Waals surface area contributed by atoms with Crippen molar-refractivity contribution in [3.05, 3.63) is 36.5 Å². The summed E-state index contributed by atoms with van der Waals surface area (Å²) in [5.41, 5.74) is 2.18. The quantitative estimate of drug-likeness (QED) is 0.567. The summed E-state index contributed by atoms with van der Waals surface area (Å²) in [5.74, 6) is 0.774. The molecule has 1 spiro atoms. The second-order valence-corrected chi connectivity index (χ2v) is 5.90. The van der Waals surface area contributed by atoms with Crippen molar-refractivity contribution in [1.29, 1.82) is 0 Å². The van der Waals surface area contributed by atoms with Gasteiger partial charge in [0.2, 0.25) is 0 Å². The van der Waals surface area contributed by atoms with Crippen LogP contribution in [0.25, 0.3) is 0 Å². The molecule has 0 saturated heterocycles. The highest BCUT2D eigenvalue weighted by Gasteiger charge is 2.38. The van der Waals surface area contributed by atoms with E-state index in [1.54, 1.807) is 0 Å². The van der Waals surface area contributed by atoms with Gasteiger partial charge in [-0.25, -0.2) is 0 Å². The Labute approximate surface area is 106 Å². The summed E-state index contributed by atoms with van der Waals surface area (Å²) in [4.78, 5) is 0. The maximum Gasteiger partial charge on any atom is -0.0157 e. The fraction of sp³-hybridized carbons (Fsp3) is 0.647. The molecule has 0 aromatic heterocycles. The van der Waals surface area contributed by atoms with E-state index in [4.69, 9.17) is 0 Å². The topological polar surface area (TPSA) is 0 Å². The molecule has 0 heterocycles. The van der Waals surface area contributed by atoms with E-state index in [1.165, 1.54) is 56.9 Å². The van der Waals surface area contributed by atoms with E-state index < -0.39 is 0 Å². The first kappa shape index (κ1) is 12.7. The Hall–Kier alpha value is -0.780. The van der Waals surface area contributed by atoms with Gasteiger partial charge in [0.05, 0.1) is 0 Å². The van der Waals surface area contributed by atoms with Crippen molar-refractivity contribution in [1.82, 2.24) is 0 Å². The maximum absolute atomic E-state index is 4.00. The molecule has 2 saturated carbocycles. The minimum absolute atomic E-state index is 0.709. The highest BCUT2D eigenvalue weighted by atomic mass is 14.4. The van der Waals surface area contributed by atoms with Gasteiger partial charge < -0.3 is 0 Å². The van der Waals surface area contributed by atoms with Gasteiger partial charge in [-0.15, -0.1) is 0 Å². The Morgan fingerprint density at radius 2 is 1.88 bits per heavy atom. The Balaban J connectivity index is 2.07. The molecule has 2 rings (SSSR count). The lowest BCUT2D eigenvalue weighted by molar-refractivity contribution is 0.162. The van der Waals surface area contributed by atoms with Gasteiger partial charge in [0, 0.05) is 0 Å². The van der Waals surface area contributed by atoms with E-state index in [9.17, 15) is 0 Å². The Bertz CT molecular complexity index is 313. The third-order valence-corrected chi connectivity index (χ3v) is 4.79. The molecule has 0 radical (unpaired) electrons. The zero-order valence-corrected chi connectivity index (χ0v) is 11.3. The molecule has 0 N–H and O–H groups in total. The standard InChI is InChI=1S/C17H26/c1-3-5-9-15(4-2)16-10-8-13-17(14-16)11-6-7-12-17/h3-5,9,16H,2,6-8,10-14H2,1H3/b5-3-,15-9+. The Morgan fingerprint density at radius 3 is 2.53 bits per heavy atom. The average molecular weight is 230 g/mol. The van der Waals surface area contributed by atoms with Crippen molar-refractivity contribution in [2.45, 2.75) is 58.3 Å². The summed E-state index contributed by atoms with van der Waals surface area (Å²) in [6.45, 7) is 6.08. The molecule has 0 aromatic carbocycles. The highest BCUT2D eigenvalue weighted by molar-refractivity contribution is 5.25. The number of allylic oxidation sites excluding steroid dienone is 5. The van der Waals surface area contributed by atoms with E-state index in [0.29, 0.717) is 5.41 Å². The first-order valence-electron chi connectivity index (χ1n) is 7.25. The van der Waals surface area contributed by atoms with Gasteiger partial charge in [0.1, 0.15) is 0 Å². The summed E-state index contributed by atoms with van der Waals surface area (Å²) in [5, 5.41) is 0. The number of hydrogen-bond donors (Lipinski definition) is 0. The van der Waals surface area contributed by atoms with Crippen molar-refractivity contribution < 1.29 is 0 Å². The van der Waals surface area contributed by atoms with Gasteiger partial charge in [-0.1, -0.05) is 50.1 Å². The van der Waals surface area contributed by atoms with Crippen LogP contribution in [0.2, 0.25) is 0 Å². The van der Waals surface area contributed by atoms with E-state index in [-0.39, 0.29) is 0 Å². The monoisotopic (exact) mass is 230 g/mol. The van der Waals surface area contributed by atoms with Crippen LogP contribution in [0.3, 0.4) is 0 Å². The van der Waals surface area contributed by atoms with E-state index in [0.717, 1.165) is 5.92 Å². The maximum atomic E-state index is 4.00. The third kappa shape index (κ3) is 2.91. The van der Waals surface area contributed by atoms with E-state index in [1.807, 2.05) is 0 Å².